The monoisotopic (exact) mass is 326 g/mol. The Morgan fingerprint density at radius 3 is 2.62 bits per heavy atom. The average Bonchev–Trinajstić information content (AvgIpc) is 2.61. The van der Waals surface area contributed by atoms with Crippen molar-refractivity contribution in [2.75, 3.05) is 6.61 Å². The van der Waals surface area contributed by atoms with Crippen molar-refractivity contribution >= 4 is 18.1 Å². The van der Waals surface area contributed by atoms with Crippen LogP contribution in [0.3, 0.4) is 0 Å². The number of carboxylic acids is 1. The second kappa shape index (κ2) is 6.82. The number of carbonyl (C=O) groups is 2. The third kappa shape index (κ3) is 3.35. The molecule has 1 aliphatic heterocycles. The van der Waals surface area contributed by atoms with Gasteiger partial charge in [-0.25, -0.2) is 10.2 Å². The van der Waals surface area contributed by atoms with Crippen LogP contribution in [0, 0.1) is 0 Å². The molecule has 2 aromatic carbocycles. The van der Waals surface area contributed by atoms with Gasteiger partial charge < -0.3 is 14.6 Å². The van der Waals surface area contributed by atoms with Crippen LogP contribution in [0.25, 0.3) is 0 Å². The van der Waals surface area contributed by atoms with Crippen LogP contribution < -0.4 is 14.9 Å². The lowest BCUT2D eigenvalue weighted by Crippen LogP contribution is -2.42. The first-order chi connectivity index (χ1) is 11.6. The topological polar surface area (TPSA) is 97.2 Å². The number of hydrogen-bond acceptors (Lipinski definition) is 5. The molecule has 2 N–H and O–H groups in total. The molecule has 0 fully saturated rings. The molecule has 0 spiro atoms. The Labute approximate surface area is 137 Å². The summed E-state index contributed by atoms with van der Waals surface area (Å²) < 4.78 is 11.0. The lowest BCUT2D eigenvalue weighted by atomic mass is 10.1. The molecule has 24 heavy (non-hydrogen) atoms. The van der Waals surface area contributed by atoms with Crippen LogP contribution in [0.5, 0.6) is 11.5 Å². The molecule has 1 heterocycles. The maximum absolute atomic E-state index is 12.1. The SMILES string of the molecule is O=C(O)c1ccccc1/C=N\NC(=O)[C@H]1COc2ccccc2O1. The molecule has 0 saturated heterocycles. The summed E-state index contributed by atoms with van der Waals surface area (Å²) in [5, 5.41) is 12.9. The third-order valence-electron chi connectivity index (χ3n) is 3.37. The third-order valence-corrected chi connectivity index (χ3v) is 3.37. The quantitative estimate of drug-likeness (QED) is 0.658. The van der Waals surface area contributed by atoms with Gasteiger partial charge in [0.05, 0.1) is 11.8 Å². The molecular weight excluding hydrogens is 312 g/mol. The molecule has 0 aliphatic carbocycles. The number of carbonyl (C=O) groups excluding carboxylic acids is 1. The highest BCUT2D eigenvalue weighted by Gasteiger charge is 2.27. The number of amides is 1. The first kappa shape index (κ1) is 15.5. The van der Waals surface area contributed by atoms with Gasteiger partial charge in [-0.1, -0.05) is 30.3 Å². The van der Waals surface area contributed by atoms with Crippen molar-refractivity contribution in [2.24, 2.45) is 5.10 Å². The number of fused-ring (bicyclic) bond motifs is 1. The summed E-state index contributed by atoms with van der Waals surface area (Å²) in [5.74, 6) is -0.470. The summed E-state index contributed by atoms with van der Waals surface area (Å²) in [6.45, 7) is 0.0735. The molecule has 0 unspecified atom stereocenters. The molecule has 122 valence electrons. The Hall–Kier alpha value is -3.35. The van der Waals surface area contributed by atoms with Crippen LogP contribution in [0.15, 0.2) is 53.6 Å². The number of aromatic carboxylic acids is 1. The van der Waals surface area contributed by atoms with E-state index < -0.39 is 18.0 Å². The molecule has 0 aromatic heterocycles. The predicted octanol–water partition coefficient (Wildman–Crippen LogP) is 1.67. The van der Waals surface area contributed by atoms with E-state index in [1.165, 1.54) is 12.3 Å². The molecular formula is C17H14N2O5. The number of hydrogen-bond donors (Lipinski definition) is 2. The van der Waals surface area contributed by atoms with Gasteiger partial charge in [-0.15, -0.1) is 0 Å². The van der Waals surface area contributed by atoms with Crippen LogP contribution in [-0.2, 0) is 4.79 Å². The van der Waals surface area contributed by atoms with Crippen molar-refractivity contribution in [1.29, 1.82) is 0 Å². The number of ether oxygens (including phenoxy) is 2. The van der Waals surface area contributed by atoms with E-state index in [2.05, 4.69) is 10.5 Å². The molecule has 7 nitrogen and oxygen atoms in total. The number of benzene rings is 2. The van der Waals surface area contributed by atoms with E-state index in [0.717, 1.165) is 0 Å². The molecule has 1 atom stereocenters. The number of rotatable bonds is 4. The fourth-order valence-corrected chi connectivity index (χ4v) is 2.19. The molecule has 0 bridgehead atoms. The maximum Gasteiger partial charge on any atom is 0.336 e. The van der Waals surface area contributed by atoms with Gasteiger partial charge >= 0.3 is 5.97 Å². The standard InChI is InChI=1S/C17H14N2O5/c20-16(15-10-23-13-7-3-4-8-14(13)24-15)19-18-9-11-5-1-2-6-12(11)17(21)22/h1-9,15H,10H2,(H,19,20)(H,21,22)/b18-9-/t15-/m1/s1. The van der Waals surface area contributed by atoms with E-state index in [9.17, 15) is 9.59 Å². The van der Waals surface area contributed by atoms with Gasteiger partial charge in [0.25, 0.3) is 5.91 Å². The lowest BCUT2D eigenvalue weighted by molar-refractivity contribution is -0.130. The highest BCUT2D eigenvalue weighted by atomic mass is 16.6. The molecule has 0 saturated carbocycles. The molecule has 1 amide bonds. The Kier molecular flexibility index (Phi) is 4.42. The summed E-state index contributed by atoms with van der Waals surface area (Å²) in [6, 6.07) is 13.4. The Morgan fingerprint density at radius 1 is 1.12 bits per heavy atom. The van der Waals surface area contributed by atoms with Crippen molar-refractivity contribution < 1.29 is 24.2 Å². The van der Waals surface area contributed by atoms with Crippen LogP contribution in [-0.4, -0.2) is 35.9 Å². The minimum atomic E-state index is -1.07. The predicted molar refractivity (Wildman–Crippen MR) is 85.5 cm³/mol. The average molecular weight is 326 g/mol. The second-order valence-corrected chi connectivity index (χ2v) is 4.99. The highest BCUT2D eigenvalue weighted by molar-refractivity contribution is 5.98. The zero-order valence-electron chi connectivity index (χ0n) is 12.5. The summed E-state index contributed by atoms with van der Waals surface area (Å²) in [4.78, 5) is 23.2. The Balaban J connectivity index is 1.63. The first-order valence-corrected chi connectivity index (χ1v) is 7.19. The van der Waals surface area contributed by atoms with Gasteiger partial charge in [-0.2, -0.15) is 5.10 Å². The van der Waals surface area contributed by atoms with E-state index in [4.69, 9.17) is 14.6 Å². The Morgan fingerprint density at radius 2 is 1.83 bits per heavy atom. The van der Waals surface area contributed by atoms with Gasteiger partial charge in [0.1, 0.15) is 6.61 Å². The van der Waals surface area contributed by atoms with Gasteiger partial charge in [0, 0.05) is 5.56 Å². The largest absolute Gasteiger partial charge is 0.485 e. The summed E-state index contributed by atoms with van der Waals surface area (Å²) in [5.41, 5.74) is 2.81. The van der Waals surface area contributed by atoms with Gasteiger partial charge in [-0.3, -0.25) is 4.79 Å². The Bertz CT molecular complexity index is 803. The van der Waals surface area contributed by atoms with E-state index in [1.807, 2.05) is 6.07 Å². The zero-order valence-corrected chi connectivity index (χ0v) is 12.5. The van der Waals surface area contributed by atoms with Gasteiger partial charge in [-0.05, 0) is 18.2 Å². The van der Waals surface area contributed by atoms with Crippen LogP contribution in [0.4, 0.5) is 0 Å². The number of nitrogens with one attached hydrogen (secondary N) is 1. The minimum absolute atomic E-state index is 0.0735. The van der Waals surface area contributed by atoms with Crippen LogP contribution >= 0.6 is 0 Å². The van der Waals surface area contributed by atoms with E-state index in [1.54, 1.807) is 36.4 Å². The summed E-state index contributed by atoms with van der Waals surface area (Å²) in [7, 11) is 0. The molecule has 7 heteroatoms. The number of hydrazone groups is 1. The maximum atomic E-state index is 12.1. The minimum Gasteiger partial charge on any atom is -0.485 e. The number of carboxylic acid groups (broad SMARTS) is 1. The van der Waals surface area contributed by atoms with Crippen LogP contribution in [0.2, 0.25) is 0 Å². The van der Waals surface area contributed by atoms with Crippen LogP contribution in [0.1, 0.15) is 15.9 Å². The van der Waals surface area contributed by atoms with Crippen molar-refractivity contribution in [1.82, 2.24) is 5.43 Å². The van der Waals surface area contributed by atoms with Crippen molar-refractivity contribution in [2.45, 2.75) is 6.10 Å². The lowest BCUT2D eigenvalue weighted by Gasteiger charge is -2.24. The molecule has 0 radical (unpaired) electrons. The fourth-order valence-electron chi connectivity index (χ4n) is 2.19. The van der Waals surface area contributed by atoms with E-state index >= 15 is 0 Å². The van der Waals surface area contributed by atoms with E-state index in [0.29, 0.717) is 17.1 Å². The highest BCUT2D eigenvalue weighted by Crippen LogP contribution is 2.30. The van der Waals surface area contributed by atoms with Gasteiger partial charge in [0.15, 0.2) is 11.5 Å². The number of para-hydroxylation sites is 2. The summed E-state index contributed by atoms with van der Waals surface area (Å²) >= 11 is 0. The molecule has 2 aromatic rings. The van der Waals surface area contributed by atoms with Crippen molar-refractivity contribution in [3.05, 3.63) is 59.7 Å². The zero-order chi connectivity index (χ0) is 16.9. The number of nitrogens with zero attached hydrogens (tertiary/aromatic N) is 1. The van der Waals surface area contributed by atoms with Crippen molar-refractivity contribution in [3.8, 4) is 11.5 Å². The molecule has 1 aliphatic rings. The fraction of sp³-hybridized carbons (Fsp3) is 0.118. The second-order valence-electron chi connectivity index (χ2n) is 4.99. The van der Waals surface area contributed by atoms with E-state index in [-0.39, 0.29) is 12.2 Å². The smallest absolute Gasteiger partial charge is 0.336 e. The van der Waals surface area contributed by atoms with Gasteiger partial charge in [0.2, 0.25) is 6.10 Å². The molecule has 3 rings (SSSR count). The first-order valence-electron chi connectivity index (χ1n) is 7.19. The van der Waals surface area contributed by atoms with Crippen molar-refractivity contribution in [3.63, 3.8) is 0 Å². The normalized spacial score (nSPS) is 15.9. The summed E-state index contributed by atoms with van der Waals surface area (Å²) in [6.07, 6.45) is 0.450.